The van der Waals surface area contributed by atoms with Crippen LogP contribution < -0.4 is 10.6 Å². The molecule has 0 bridgehead atoms. The summed E-state index contributed by atoms with van der Waals surface area (Å²) in [6, 6.07) is 51.3. The zero-order valence-electron chi connectivity index (χ0n) is 26.9. The maximum atomic E-state index is 5.22. The van der Waals surface area contributed by atoms with Crippen LogP contribution in [0.15, 0.2) is 167 Å². The molecule has 1 unspecified atom stereocenters. The van der Waals surface area contributed by atoms with Crippen molar-refractivity contribution in [1.82, 2.24) is 10.6 Å². The van der Waals surface area contributed by atoms with Gasteiger partial charge in [-0.15, -0.1) is 0 Å². The second kappa shape index (κ2) is 12.6. The van der Waals surface area contributed by atoms with Gasteiger partial charge in [-0.25, -0.2) is 9.98 Å². The van der Waals surface area contributed by atoms with Gasteiger partial charge in [-0.2, -0.15) is 0 Å². The third-order valence-corrected chi connectivity index (χ3v) is 8.82. The Labute approximate surface area is 281 Å². The first-order chi connectivity index (χ1) is 23.6. The highest BCUT2D eigenvalue weighted by molar-refractivity contribution is 6.16. The summed E-state index contributed by atoms with van der Waals surface area (Å²) in [5.74, 6) is 2.53. The van der Waals surface area contributed by atoms with Crippen LogP contribution in [0.3, 0.4) is 0 Å². The quantitative estimate of drug-likeness (QED) is 0.195. The van der Waals surface area contributed by atoms with Gasteiger partial charge in [0.1, 0.15) is 11.7 Å². The Morgan fingerprint density at radius 1 is 0.500 bits per heavy atom. The topological polar surface area (TPSA) is 61.1 Å². The number of hydrogen-bond donors (Lipinski definition) is 2. The second-order valence-corrected chi connectivity index (χ2v) is 12.3. The summed E-state index contributed by atoms with van der Waals surface area (Å²) in [6.07, 6.45) is 1.73. The highest BCUT2D eigenvalue weighted by Crippen LogP contribution is 2.37. The molecule has 0 aliphatic carbocycles. The van der Waals surface area contributed by atoms with Gasteiger partial charge >= 0.3 is 0 Å². The molecule has 5 heteroatoms. The summed E-state index contributed by atoms with van der Waals surface area (Å²) in [5.41, 5.74) is 9.81. The average Bonchev–Trinajstić information content (AvgIpc) is 3.14. The predicted octanol–water partition coefficient (Wildman–Crippen LogP) is 9.42. The van der Waals surface area contributed by atoms with Crippen molar-refractivity contribution in [3.05, 3.63) is 174 Å². The number of fused-ring (bicyclic) bond motifs is 1. The molecule has 0 spiro atoms. The Bertz CT molecular complexity index is 2200. The Kier molecular flexibility index (Phi) is 7.71. The Balaban J connectivity index is 1.31. The van der Waals surface area contributed by atoms with Crippen molar-refractivity contribution in [1.29, 1.82) is 0 Å². The first kappa shape index (κ1) is 29.3. The lowest BCUT2D eigenvalue weighted by Crippen LogP contribution is -2.36. The molecule has 0 aromatic heterocycles. The minimum atomic E-state index is -0.448. The van der Waals surface area contributed by atoms with Crippen LogP contribution in [0.25, 0.3) is 38.7 Å². The Morgan fingerprint density at radius 2 is 1.08 bits per heavy atom. The fourth-order valence-electron chi connectivity index (χ4n) is 6.57. The van der Waals surface area contributed by atoms with Gasteiger partial charge in [0.2, 0.25) is 0 Å². The maximum absolute atomic E-state index is 5.22. The van der Waals surface area contributed by atoms with Crippen LogP contribution in [0.4, 0.5) is 0 Å². The third-order valence-electron chi connectivity index (χ3n) is 8.82. The van der Waals surface area contributed by atoms with Crippen LogP contribution in [0.2, 0.25) is 0 Å². The molecule has 232 valence electrons. The van der Waals surface area contributed by atoms with Gasteiger partial charge in [-0.1, -0.05) is 121 Å². The van der Waals surface area contributed by atoms with E-state index in [1.807, 2.05) is 43.3 Å². The lowest BCUT2D eigenvalue weighted by atomic mass is 9.91. The van der Waals surface area contributed by atoms with E-state index in [4.69, 9.17) is 9.98 Å². The van der Waals surface area contributed by atoms with Crippen molar-refractivity contribution in [2.24, 2.45) is 15.0 Å². The van der Waals surface area contributed by atoms with Crippen molar-refractivity contribution in [3.63, 3.8) is 0 Å². The van der Waals surface area contributed by atoms with Crippen LogP contribution in [-0.2, 0) is 0 Å². The van der Waals surface area contributed by atoms with Gasteiger partial charge in [0.05, 0.1) is 11.9 Å². The molecular weight excluding hydrogens is 587 g/mol. The van der Waals surface area contributed by atoms with E-state index < -0.39 is 6.17 Å². The summed E-state index contributed by atoms with van der Waals surface area (Å²) in [4.78, 5) is 15.1. The molecule has 6 aromatic carbocycles. The average molecular weight is 622 g/mol. The summed E-state index contributed by atoms with van der Waals surface area (Å²) < 4.78 is 0. The van der Waals surface area contributed by atoms with Gasteiger partial charge in [0, 0.05) is 16.8 Å². The van der Waals surface area contributed by atoms with E-state index in [-0.39, 0.29) is 6.04 Å². The maximum Gasteiger partial charge on any atom is 0.169 e. The minimum Gasteiger partial charge on any atom is -0.344 e. The lowest BCUT2D eigenvalue weighted by Gasteiger charge is -2.23. The van der Waals surface area contributed by atoms with Gasteiger partial charge in [-0.05, 0) is 88.3 Å². The number of aliphatic imine (C=N–C) groups is 3. The van der Waals surface area contributed by atoms with E-state index in [0.717, 1.165) is 62.1 Å². The highest BCUT2D eigenvalue weighted by Gasteiger charge is 2.22. The van der Waals surface area contributed by atoms with E-state index in [1.165, 1.54) is 16.3 Å². The van der Waals surface area contributed by atoms with Crippen molar-refractivity contribution >= 4 is 34.0 Å². The van der Waals surface area contributed by atoms with Crippen LogP contribution in [-0.4, -0.2) is 23.5 Å². The number of hydrogen-bond acceptors (Lipinski definition) is 5. The van der Waals surface area contributed by atoms with E-state index in [0.29, 0.717) is 0 Å². The van der Waals surface area contributed by atoms with E-state index in [1.54, 1.807) is 0 Å². The number of amidine groups is 3. The molecule has 0 fully saturated rings. The zero-order valence-corrected chi connectivity index (χ0v) is 26.9. The van der Waals surface area contributed by atoms with E-state index >= 15 is 0 Å². The van der Waals surface area contributed by atoms with E-state index in [9.17, 15) is 0 Å². The molecule has 0 amide bonds. The highest BCUT2D eigenvalue weighted by atomic mass is 15.2. The smallest absolute Gasteiger partial charge is 0.169 e. The van der Waals surface area contributed by atoms with Crippen molar-refractivity contribution in [2.45, 2.75) is 26.1 Å². The summed E-state index contributed by atoms with van der Waals surface area (Å²) in [6.45, 7) is 4.13. The van der Waals surface area contributed by atoms with Crippen LogP contribution in [0.5, 0.6) is 0 Å². The standard InChI is InChI=1S/C43H35N5/c1-28-23-40(45-29(2)44-28)34-20-11-19-33(24-34)35-25-36(39-22-12-18-30-13-9-10-21-38(30)39)27-37(26-35)43-47-41(31-14-5-3-6-15-31)46-42(48-43)32-16-7-4-8-17-32/h3-28,43H,1-2H3,(H,44,45)(H,46,47,48). The predicted molar refractivity (Wildman–Crippen MR) is 200 cm³/mol. The summed E-state index contributed by atoms with van der Waals surface area (Å²) in [7, 11) is 0. The summed E-state index contributed by atoms with van der Waals surface area (Å²) in [5, 5.41) is 9.42. The van der Waals surface area contributed by atoms with Gasteiger partial charge in [0.25, 0.3) is 0 Å². The monoisotopic (exact) mass is 621 g/mol. The molecule has 0 saturated carbocycles. The molecule has 0 radical (unpaired) electrons. The Morgan fingerprint density at radius 3 is 1.81 bits per heavy atom. The lowest BCUT2D eigenvalue weighted by molar-refractivity contribution is 0.756. The molecule has 8 rings (SSSR count). The molecule has 2 aliphatic heterocycles. The Hall–Kier alpha value is -6.07. The number of nitrogens with zero attached hydrogens (tertiary/aromatic N) is 3. The number of benzene rings is 6. The zero-order chi connectivity index (χ0) is 32.5. The summed E-state index contributed by atoms with van der Waals surface area (Å²) >= 11 is 0. The first-order valence-electron chi connectivity index (χ1n) is 16.4. The molecule has 2 heterocycles. The number of rotatable bonds is 6. The SMILES string of the molecule is CC1=NC(C)C=C(c2cccc(-c3cc(-c4cccc5ccccc45)cc(C4N=C(c5ccccc5)NC(c5ccccc5)=N4)c3)c2)N1. The molecule has 6 aromatic rings. The van der Waals surface area contributed by atoms with Crippen molar-refractivity contribution in [3.8, 4) is 22.3 Å². The molecule has 5 nitrogen and oxygen atoms in total. The molecule has 0 saturated heterocycles. The number of nitrogens with one attached hydrogen (secondary N) is 2. The van der Waals surface area contributed by atoms with Gasteiger partial charge < -0.3 is 10.6 Å². The fourth-order valence-corrected chi connectivity index (χ4v) is 6.57. The van der Waals surface area contributed by atoms with Crippen LogP contribution in [0, 0.1) is 0 Å². The van der Waals surface area contributed by atoms with Crippen LogP contribution >= 0.6 is 0 Å². The fraction of sp³-hybridized carbons (Fsp3) is 0.0930. The molecule has 2 aliphatic rings. The van der Waals surface area contributed by atoms with Gasteiger partial charge in [0.15, 0.2) is 6.17 Å². The van der Waals surface area contributed by atoms with Gasteiger partial charge in [-0.3, -0.25) is 4.99 Å². The van der Waals surface area contributed by atoms with E-state index in [2.05, 4.69) is 138 Å². The van der Waals surface area contributed by atoms with Crippen molar-refractivity contribution < 1.29 is 0 Å². The second-order valence-electron chi connectivity index (χ2n) is 12.3. The third kappa shape index (κ3) is 5.94. The largest absolute Gasteiger partial charge is 0.344 e. The van der Waals surface area contributed by atoms with Crippen LogP contribution in [0.1, 0.15) is 42.3 Å². The molecule has 2 N–H and O–H groups in total. The minimum absolute atomic E-state index is 0.124. The molecule has 1 atom stereocenters. The normalized spacial score (nSPS) is 16.2. The molecule has 48 heavy (non-hydrogen) atoms. The van der Waals surface area contributed by atoms with Crippen molar-refractivity contribution in [2.75, 3.05) is 0 Å². The molecular formula is C43H35N5. The first-order valence-corrected chi connectivity index (χ1v) is 16.4.